The zero-order chi connectivity index (χ0) is 23.2. The SMILES string of the molecule is C1=Cc2ccccc2N([P@@]2OC(c3ccccc3)(c3ccccc3)[C@@H]3CCCN32)c2ccccc21. The molecule has 4 aromatic rings. The summed E-state index contributed by atoms with van der Waals surface area (Å²) < 4.78 is 12.6. The largest absolute Gasteiger partial charge is 0.309 e. The quantitative estimate of drug-likeness (QED) is 0.280. The number of para-hydroxylation sites is 2. The highest BCUT2D eigenvalue weighted by Crippen LogP contribution is 2.69. The van der Waals surface area contributed by atoms with Crippen LogP contribution in [-0.4, -0.2) is 17.3 Å². The fraction of sp³-hybridized carbons (Fsp3) is 0.161. The summed E-state index contributed by atoms with van der Waals surface area (Å²) in [7, 11) is -1.10. The molecule has 2 atom stereocenters. The molecule has 3 nitrogen and oxygen atoms in total. The molecule has 3 heterocycles. The van der Waals surface area contributed by atoms with Crippen molar-refractivity contribution >= 4 is 32.0 Å². The smallest absolute Gasteiger partial charge is 0.224 e. The lowest BCUT2D eigenvalue weighted by Crippen LogP contribution is -2.40. The van der Waals surface area contributed by atoms with Crippen LogP contribution in [0.4, 0.5) is 11.4 Å². The van der Waals surface area contributed by atoms with Crippen LogP contribution in [0.2, 0.25) is 0 Å². The molecular weight excluding hydrogens is 447 g/mol. The number of benzene rings is 4. The van der Waals surface area contributed by atoms with E-state index >= 15 is 0 Å². The molecule has 0 spiro atoms. The lowest BCUT2D eigenvalue weighted by molar-refractivity contribution is 0.113. The average molecular weight is 475 g/mol. The fourth-order valence-electron chi connectivity index (χ4n) is 5.93. The normalized spacial score (nSPS) is 22.3. The van der Waals surface area contributed by atoms with E-state index in [9.17, 15) is 0 Å². The van der Waals surface area contributed by atoms with Gasteiger partial charge in [-0.15, -0.1) is 0 Å². The van der Waals surface area contributed by atoms with Crippen LogP contribution in [0.15, 0.2) is 109 Å². The molecule has 3 aliphatic rings. The monoisotopic (exact) mass is 474 g/mol. The molecule has 2 saturated heterocycles. The molecule has 3 aliphatic heterocycles. The van der Waals surface area contributed by atoms with Gasteiger partial charge in [0.1, 0.15) is 5.60 Å². The van der Waals surface area contributed by atoms with Gasteiger partial charge in [-0.3, -0.25) is 4.67 Å². The molecular formula is C31H27N2OP. The van der Waals surface area contributed by atoms with Crippen molar-refractivity contribution < 1.29 is 4.52 Å². The van der Waals surface area contributed by atoms with E-state index < -0.39 is 14.1 Å². The minimum atomic E-state index is -1.10. The van der Waals surface area contributed by atoms with Gasteiger partial charge in [0.05, 0.1) is 17.4 Å². The average Bonchev–Trinajstić information content (AvgIpc) is 3.49. The van der Waals surface area contributed by atoms with Crippen LogP contribution in [0, 0.1) is 0 Å². The second-order valence-electron chi connectivity index (χ2n) is 9.40. The fourth-order valence-corrected chi connectivity index (χ4v) is 8.50. The van der Waals surface area contributed by atoms with E-state index in [4.69, 9.17) is 4.52 Å². The summed E-state index contributed by atoms with van der Waals surface area (Å²) in [6, 6.07) is 39.4. The summed E-state index contributed by atoms with van der Waals surface area (Å²) in [5, 5.41) is 0. The highest BCUT2D eigenvalue weighted by atomic mass is 31.2. The minimum Gasteiger partial charge on any atom is -0.309 e. The van der Waals surface area contributed by atoms with E-state index in [1.165, 1.54) is 40.0 Å². The van der Waals surface area contributed by atoms with Gasteiger partial charge in [0.15, 0.2) is 0 Å². The molecule has 0 aliphatic carbocycles. The zero-order valence-corrected chi connectivity index (χ0v) is 20.4. The predicted octanol–water partition coefficient (Wildman–Crippen LogP) is 7.97. The molecule has 0 bridgehead atoms. The Morgan fingerprint density at radius 3 is 1.74 bits per heavy atom. The van der Waals surface area contributed by atoms with Gasteiger partial charge in [0.25, 0.3) is 0 Å². The lowest BCUT2D eigenvalue weighted by atomic mass is 9.79. The van der Waals surface area contributed by atoms with E-state index in [-0.39, 0.29) is 6.04 Å². The van der Waals surface area contributed by atoms with Crippen molar-refractivity contribution in [1.82, 2.24) is 4.67 Å². The third kappa shape index (κ3) is 3.23. The van der Waals surface area contributed by atoms with Crippen molar-refractivity contribution in [2.75, 3.05) is 11.2 Å². The predicted molar refractivity (Wildman–Crippen MR) is 145 cm³/mol. The summed E-state index contributed by atoms with van der Waals surface area (Å²) in [5.41, 5.74) is 6.84. The second kappa shape index (κ2) is 8.46. The maximum absolute atomic E-state index is 7.49. The highest BCUT2D eigenvalue weighted by molar-refractivity contribution is 7.52. The van der Waals surface area contributed by atoms with Crippen LogP contribution in [0.3, 0.4) is 0 Å². The van der Waals surface area contributed by atoms with Crippen molar-refractivity contribution in [2.24, 2.45) is 0 Å². The summed E-state index contributed by atoms with van der Waals surface area (Å²) in [5.74, 6) is 0. The lowest BCUT2D eigenvalue weighted by Gasteiger charge is -2.36. The van der Waals surface area contributed by atoms with Crippen molar-refractivity contribution in [3.63, 3.8) is 0 Å². The Balaban J connectivity index is 1.45. The Labute approximate surface area is 208 Å². The van der Waals surface area contributed by atoms with E-state index in [1.54, 1.807) is 0 Å². The van der Waals surface area contributed by atoms with Gasteiger partial charge >= 0.3 is 0 Å². The van der Waals surface area contributed by atoms with Crippen molar-refractivity contribution in [2.45, 2.75) is 24.5 Å². The van der Waals surface area contributed by atoms with Crippen LogP contribution in [0.1, 0.15) is 35.1 Å². The van der Waals surface area contributed by atoms with Crippen molar-refractivity contribution in [3.8, 4) is 0 Å². The van der Waals surface area contributed by atoms with Gasteiger partial charge in [0.2, 0.25) is 8.45 Å². The van der Waals surface area contributed by atoms with Crippen molar-refractivity contribution in [1.29, 1.82) is 0 Å². The van der Waals surface area contributed by atoms with Crippen LogP contribution < -0.4 is 4.67 Å². The second-order valence-corrected chi connectivity index (χ2v) is 11.0. The van der Waals surface area contributed by atoms with Crippen LogP contribution in [0.25, 0.3) is 12.2 Å². The first kappa shape index (κ1) is 21.1. The van der Waals surface area contributed by atoms with Gasteiger partial charge in [-0.2, -0.15) is 0 Å². The molecule has 4 heteroatoms. The standard InChI is InChI=1S/C31H27N2OP/c1-3-14-26(15-4-1)31(27-16-5-2-6-17-27)30-20-11-23-32(30)35(34-31)33-28-18-9-7-12-24(28)21-22-25-13-8-10-19-29(25)33/h1-10,12-19,21-22,30H,11,20,23H2/t30-,35-/m0/s1. The molecule has 4 aromatic carbocycles. The molecule has 0 radical (unpaired) electrons. The maximum atomic E-state index is 7.49. The number of fused-ring (bicyclic) bond motifs is 3. The van der Waals surface area contributed by atoms with Crippen LogP contribution >= 0.6 is 8.45 Å². The number of hydrogen-bond acceptors (Lipinski definition) is 3. The van der Waals surface area contributed by atoms with E-state index in [2.05, 4.69) is 131 Å². The first-order valence-electron chi connectivity index (χ1n) is 12.4. The van der Waals surface area contributed by atoms with Crippen molar-refractivity contribution in [3.05, 3.63) is 131 Å². The molecule has 0 unspecified atom stereocenters. The minimum absolute atomic E-state index is 0.286. The van der Waals surface area contributed by atoms with E-state index in [1.807, 2.05) is 0 Å². The third-order valence-corrected chi connectivity index (χ3v) is 9.63. The molecule has 172 valence electrons. The molecule has 2 fully saturated rings. The Morgan fingerprint density at radius 2 is 1.17 bits per heavy atom. The summed E-state index contributed by atoms with van der Waals surface area (Å²) in [6.07, 6.45) is 6.78. The number of hydrogen-bond donors (Lipinski definition) is 0. The molecule has 0 N–H and O–H groups in total. The van der Waals surface area contributed by atoms with Gasteiger partial charge < -0.3 is 4.52 Å². The van der Waals surface area contributed by atoms with Gasteiger partial charge in [-0.25, -0.2) is 4.67 Å². The summed E-state index contributed by atoms with van der Waals surface area (Å²) in [4.78, 5) is 0. The van der Waals surface area contributed by atoms with E-state index in [0.717, 1.165) is 13.0 Å². The Bertz CT molecular complexity index is 1300. The Hall–Kier alpha value is -3.23. The molecule has 0 amide bonds. The maximum Gasteiger partial charge on any atom is 0.224 e. The van der Waals surface area contributed by atoms with Gasteiger partial charge in [-0.1, -0.05) is 109 Å². The zero-order valence-electron chi connectivity index (χ0n) is 19.5. The van der Waals surface area contributed by atoms with Gasteiger partial charge in [-0.05, 0) is 47.2 Å². The Morgan fingerprint density at radius 1 is 0.657 bits per heavy atom. The molecule has 0 saturated carbocycles. The number of nitrogens with zero attached hydrogens (tertiary/aromatic N) is 2. The first-order chi connectivity index (χ1) is 17.4. The number of anilines is 2. The number of rotatable bonds is 3. The Kier molecular flexibility index (Phi) is 5.10. The van der Waals surface area contributed by atoms with Crippen LogP contribution in [0.5, 0.6) is 0 Å². The molecule has 35 heavy (non-hydrogen) atoms. The summed E-state index contributed by atoms with van der Waals surface area (Å²) >= 11 is 0. The topological polar surface area (TPSA) is 15.7 Å². The molecule has 7 rings (SSSR count). The highest BCUT2D eigenvalue weighted by Gasteiger charge is 2.59. The molecule has 0 aromatic heterocycles. The van der Waals surface area contributed by atoms with Gasteiger partial charge in [0, 0.05) is 6.54 Å². The van der Waals surface area contributed by atoms with E-state index in [0.29, 0.717) is 0 Å². The third-order valence-electron chi connectivity index (χ3n) is 7.49. The van der Waals surface area contributed by atoms with Crippen LogP contribution in [-0.2, 0) is 10.1 Å². The first-order valence-corrected chi connectivity index (χ1v) is 13.6. The summed E-state index contributed by atoms with van der Waals surface area (Å²) in [6.45, 7) is 1.05.